The zero-order valence-corrected chi connectivity index (χ0v) is 14.6. The number of aromatic nitrogens is 1. The minimum Gasteiger partial charge on any atom is -0.312 e. The summed E-state index contributed by atoms with van der Waals surface area (Å²) < 4.78 is 1.99. The molecule has 0 amide bonds. The lowest BCUT2D eigenvalue weighted by Crippen LogP contribution is -2.34. The zero-order valence-electron chi connectivity index (χ0n) is 14.6. The average molecular weight is 292 g/mol. The average Bonchev–Trinajstić information content (AvgIpc) is 2.37. The molecule has 1 N–H and O–H groups in total. The molecule has 3 heteroatoms. The molecule has 1 aromatic rings. The van der Waals surface area contributed by atoms with E-state index < -0.39 is 0 Å². The van der Waals surface area contributed by atoms with Crippen molar-refractivity contribution in [1.82, 2.24) is 9.88 Å². The van der Waals surface area contributed by atoms with Gasteiger partial charge in [0.1, 0.15) is 0 Å². The van der Waals surface area contributed by atoms with Crippen molar-refractivity contribution in [3.05, 3.63) is 33.7 Å². The van der Waals surface area contributed by atoms with Crippen molar-refractivity contribution in [2.24, 2.45) is 0 Å². The van der Waals surface area contributed by atoms with Crippen LogP contribution in [0.5, 0.6) is 0 Å². The van der Waals surface area contributed by atoms with Gasteiger partial charge in [0, 0.05) is 35.8 Å². The molecule has 0 spiro atoms. The number of hydrogen-bond donors (Lipinski definition) is 1. The highest BCUT2D eigenvalue weighted by Crippen LogP contribution is 2.21. The first-order valence-electron chi connectivity index (χ1n) is 8.24. The van der Waals surface area contributed by atoms with Crippen LogP contribution in [0.4, 0.5) is 0 Å². The molecule has 0 unspecified atom stereocenters. The smallest absolute Gasteiger partial charge is 0.255 e. The molecule has 0 aliphatic carbocycles. The Bertz CT molecular complexity index is 495. The number of rotatable bonds is 7. The van der Waals surface area contributed by atoms with E-state index in [4.69, 9.17) is 0 Å². The van der Waals surface area contributed by atoms with E-state index in [0.717, 1.165) is 24.2 Å². The third kappa shape index (κ3) is 5.31. The van der Waals surface area contributed by atoms with Crippen LogP contribution in [0.2, 0.25) is 0 Å². The largest absolute Gasteiger partial charge is 0.312 e. The molecule has 0 bridgehead atoms. The Hall–Kier alpha value is -1.09. The Morgan fingerprint density at radius 2 is 1.86 bits per heavy atom. The van der Waals surface area contributed by atoms with Crippen LogP contribution in [0.1, 0.15) is 72.1 Å². The van der Waals surface area contributed by atoms with Crippen LogP contribution >= 0.6 is 0 Å². The molecule has 0 atom stereocenters. The van der Waals surface area contributed by atoms with Gasteiger partial charge in [0.15, 0.2) is 0 Å². The normalized spacial score (nSPS) is 12.1. The van der Waals surface area contributed by atoms with Crippen LogP contribution < -0.4 is 10.9 Å². The van der Waals surface area contributed by atoms with Crippen LogP contribution in [-0.2, 0) is 18.5 Å². The molecule has 0 fully saturated rings. The minimum absolute atomic E-state index is 0.00458. The van der Waals surface area contributed by atoms with Gasteiger partial charge in [-0.25, -0.2) is 0 Å². The van der Waals surface area contributed by atoms with E-state index in [-0.39, 0.29) is 11.0 Å². The molecule has 0 radical (unpaired) electrons. The Balaban J connectivity index is 3.12. The van der Waals surface area contributed by atoms with Crippen LogP contribution in [0, 0.1) is 0 Å². The predicted molar refractivity (Wildman–Crippen MR) is 90.9 cm³/mol. The fourth-order valence-corrected chi connectivity index (χ4v) is 2.47. The summed E-state index contributed by atoms with van der Waals surface area (Å²) >= 11 is 0. The molecule has 1 rings (SSSR count). The lowest BCUT2D eigenvalue weighted by Gasteiger charge is -2.25. The fraction of sp³-hybridized carbons (Fsp3) is 0.722. The molecule has 0 saturated carbocycles. The Kier molecular flexibility index (Phi) is 6.66. The second-order valence-corrected chi connectivity index (χ2v) is 7.19. The van der Waals surface area contributed by atoms with E-state index in [1.54, 1.807) is 0 Å². The van der Waals surface area contributed by atoms with Gasteiger partial charge in [-0.05, 0) is 12.5 Å². The van der Waals surface area contributed by atoms with Gasteiger partial charge < -0.3 is 9.88 Å². The van der Waals surface area contributed by atoms with Crippen LogP contribution in [0.15, 0.2) is 16.9 Å². The van der Waals surface area contributed by atoms with Gasteiger partial charge in [-0.1, -0.05) is 60.5 Å². The lowest BCUT2D eigenvalue weighted by molar-refractivity contribution is 0.479. The maximum absolute atomic E-state index is 12.8. The SMILES string of the molecule is CCCCCn1c(C(C)(C)C)ccc(CNC(C)C)c1=O. The van der Waals surface area contributed by atoms with Crippen molar-refractivity contribution in [3.63, 3.8) is 0 Å². The molecule has 1 heterocycles. The lowest BCUT2D eigenvalue weighted by atomic mass is 9.90. The highest BCUT2D eigenvalue weighted by molar-refractivity contribution is 5.21. The maximum atomic E-state index is 12.8. The van der Waals surface area contributed by atoms with Crippen LogP contribution in [0.25, 0.3) is 0 Å². The van der Waals surface area contributed by atoms with Gasteiger partial charge in [-0.2, -0.15) is 0 Å². The van der Waals surface area contributed by atoms with E-state index >= 15 is 0 Å². The molecule has 3 nitrogen and oxygen atoms in total. The summed E-state index contributed by atoms with van der Waals surface area (Å²) in [7, 11) is 0. The molecular weight excluding hydrogens is 260 g/mol. The summed E-state index contributed by atoms with van der Waals surface area (Å²) in [6.07, 6.45) is 3.42. The van der Waals surface area contributed by atoms with Gasteiger partial charge in [-0.15, -0.1) is 0 Å². The Morgan fingerprint density at radius 1 is 1.19 bits per heavy atom. The summed E-state index contributed by atoms with van der Waals surface area (Å²) in [5.74, 6) is 0. The summed E-state index contributed by atoms with van der Waals surface area (Å²) in [4.78, 5) is 12.8. The standard InChI is InChI=1S/C18H32N2O/c1-7-8-9-12-20-16(18(4,5)6)11-10-15(17(20)21)13-19-14(2)3/h10-11,14,19H,7-9,12-13H2,1-6H3. The van der Waals surface area contributed by atoms with E-state index in [0.29, 0.717) is 12.6 Å². The highest BCUT2D eigenvalue weighted by atomic mass is 16.1. The molecule has 21 heavy (non-hydrogen) atoms. The maximum Gasteiger partial charge on any atom is 0.255 e. The van der Waals surface area contributed by atoms with Crippen LogP contribution in [-0.4, -0.2) is 10.6 Å². The van der Waals surface area contributed by atoms with Gasteiger partial charge in [-0.3, -0.25) is 4.79 Å². The second-order valence-electron chi connectivity index (χ2n) is 7.19. The van der Waals surface area contributed by atoms with Crippen molar-refractivity contribution in [1.29, 1.82) is 0 Å². The summed E-state index contributed by atoms with van der Waals surface area (Å²) in [6, 6.07) is 4.51. The number of nitrogens with one attached hydrogen (secondary N) is 1. The van der Waals surface area contributed by atoms with E-state index in [1.807, 2.05) is 10.6 Å². The number of hydrogen-bond acceptors (Lipinski definition) is 2. The third-order valence-corrected chi connectivity index (χ3v) is 3.71. The number of nitrogens with zero attached hydrogens (tertiary/aromatic N) is 1. The molecule has 0 aliphatic heterocycles. The van der Waals surface area contributed by atoms with Crippen molar-refractivity contribution in [2.45, 2.75) is 85.4 Å². The van der Waals surface area contributed by atoms with Crippen molar-refractivity contribution >= 4 is 0 Å². The molecule has 120 valence electrons. The van der Waals surface area contributed by atoms with Crippen molar-refractivity contribution < 1.29 is 0 Å². The van der Waals surface area contributed by atoms with Gasteiger partial charge in [0.2, 0.25) is 0 Å². The molecule has 1 aromatic heterocycles. The Labute approximate surface area is 129 Å². The molecular formula is C18H32N2O. The Morgan fingerprint density at radius 3 is 2.38 bits per heavy atom. The zero-order chi connectivity index (χ0) is 16.0. The van der Waals surface area contributed by atoms with E-state index in [2.05, 4.69) is 52.9 Å². The van der Waals surface area contributed by atoms with E-state index in [1.165, 1.54) is 12.8 Å². The summed E-state index contributed by atoms with van der Waals surface area (Å²) in [5, 5.41) is 3.34. The highest BCUT2D eigenvalue weighted by Gasteiger charge is 2.20. The summed E-state index contributed by atoms with van der Waals surface area (Å²) in [6.45, 7) is 14.4. The first-order chi connectivity index (χ1) is 9.77. The number of pyridine rings is 1. The summed E-state index contributed by atoms with van der Waals surface area (Å²) in [5.41, 5.74) is 2.17. The van der Waals surface area contributed by atoms with Gasteiger partial charge in [0.05, 0.1) is 0 Å². The first kappa shape index (κ1) is 18.0. The van der Waals surface area contributed by atoms with Gasteiger partial charge >= 0.3 is 0 Å². The topological polar surface area (TPSA) is 34.0 Å². The predicted octanol–water partition coefficient (Wildman–Crippen LogP) is 3.83. The van der Waals surface area contributed by atoms with Gasteiger partial charge in [0.25, 0.3) is 5.56 Å². The first-order valence-corrected chi connectivity index (χ1v) is 8.24. The minimum atomic E-state index is -0.00458. The van der Waals surface area contributed by atoms with Crippen molar-refractivity contribution in [2.75, 3.05) is 0 Å². The second kappa shape index (κ2) is 7.79. The quantitative estimate of drug-likeness (QED) is 0.775. The monoisotopic (exact) mass is 292 g/mol. The fourth-order valence-electron chi connectivity index (χ4n) is 2.47. The van der Waals surface area contributed by atoms with Crippen molar-refractivity contribution in [3.8, 4) is 0 Å². The third-order valence-electron chi connectivity index (χ3n) is 3.71. The van der Waals surface area contributed by atoms with E-state index in [9.17, 15) is 4.79 Å². The molecule has 0 saturated heterocycles. The molecule has 0 aliphatic rings. The van der Waals surface area contributed by atoms with Crippen LogP contribution in [0.3, 0.4) is 0 Å². The number of unbranched alkanes of at least 4 members (excludes halogenated alkanes) is 2. The molecule has 0 aromatic carbocycles.